The topological polar surface area (TPSA) is 92.5 Å². The van der Waals surface area contributed by atoms with E-state index in [1.165, 1.54) is 43.6 Å². The van der Waals surface area contributed by atoms with E-state index in [9.17, 15) is 4.79 Å². The molecule has 0 atom stereocenters. The Morgan fingerprint density at radius 2 is 1.77 bits per heavy atom. The maximum atomic E-state index is 12.3. The van der Waals surface area contributed by atoms with Gasteiger partial charge in [-0.2, -0.15) is 0 Å². The molecule has 7 heteroatoms. The fourth-order valence-corrected chi connectivity index (χ4v) is 4.43. The molecule has 3 aromatic rings. The van der Waals surface area contributed by atoms with Gasteiger partial charge in [0.15, 0.2) is 0 Å². The van der Waals surface area contributed by atoms with E-state index in [0.717, 1.165) is 17.2 Å². The number of rotatable bonds is 7. The molecule has 1 fully saturated rings. The lowest BCUT2D eigenvalue weighted by atomic mass is 9.89. The second-order valence-electron chi connectivity index (χ2n) is 7.53. The number of aromatic nitrogens is 1. The van der Waals surface area contributed by atoms with Crippen molar-refractivity contribution >= 4 is 28.1 Å². The van der Waals surface area contributed by atoms with Gasteiger partial charge >= 0.3 is 0 Å². The number of H-pyrrole nitrogens is 1. The van der Waals surface area contributed by atoms with Gasteiger partial charge in [-0.3, -0.25) is 14.2 Å². The van der Waals surface area contributed by atoms with Gasteiger partial charge in [0.05, 0.1) is 0 Å². The molecular weight excluding hydrogens is 396 g/mol. The molecule has 1 saturated carbocycles. The summed E-state index contributed by atoms with van der Waals surface area (Å²) in [6, 6.07) is 17.2. The zero-order chi connectivity index (χ0) is 20.8. The number of amidine groups is 1. The van der Waals surface area contributed by atoms with Gasteiger partial charge in [0.25, 0.3) is 5.56 Å². The van der Waals surface area contributed by atoms with Crippen molar-refractivity contribution in [2.45, 2.75) is 32.1 Å². The number of hydrogen-bond acceptors (Lipinski definition) is 5. The third-order valence-corrected chi connectivity index (χ3v) is 6.09. The Labute approximate surface area is 180 Å². The van der Waals surface area contributed by atoms with Crippen molar-refractivity contribution in [1.82, 2.24) is 4.37 Å². The molecule has 0 aliphatic heterocycles. The number of para-hydroxylation sites is 1. The molecule has 4 N–H and O–H groups in total. The monoisotopic (exact) mass is 422 g/mol. The molecule has 0 bridgehead atoms. The van der Waals surface area contributed by atoms with E-state index in [4.69, 9.17) is 10.5 Å². The minimum Gasteiger partial charge on any atom is -0.457 e. The molecule has 1 aliphatic rings. The predicted molar refractivity (Wildman–Crippen MR) is 123 cm³/mol. The summed E-state index contributed by atoms with van der Waals surface area (Å²) in [7, 11) is 0. The van der Waals surface area contributed by atoms with E-state index < -0.39 is 0 Å². The van der Waals surface area contributed by atoms with Gasteiger partial charge in [-0.25, -0.2) is 0 Å². The normalized spacial score (nSPS) is 15.1. The number of nitrogens with two attached hydrogens (primary N) is 1. The van der Waals surface area contributed by atoms with E-state index in [0.29, 0.717) is 28.9 Å². The van der Waals surface area contributed by atoms with E-state index in [1.807, 2.05) is 54.6 Å². The van der Waals surface area contributed by atoms with Crippen LogP contribution in [0.5, 0.6) is 11.5 Å². The molecule has 1 aromatic heterocycles. The van der Waals surface area contributed by atoms with Crippen LogP contribution in [0.1, 0.15) is 37.7 Å². The second-order valence-corrected chi connectivity index (χ2v) is 8.35. The highest BCUT2D eigenvalue weighted by molar-refractivity contribution is 7.10. The minimum absolute atomic E-state index is 0.212. The lowest BCUT2D eigenvalue weighted by Crippen LogP contribution is -2.23. The van der Waals surface area contributed by atoms with Crippen molar-refractivity contribution < 1.29 is 4.74 Å². The number of anilines is 2. The first-order valence-electron chi connectivity index (χ1n) is 10.3. The van der Waals surface area contributed by atoms with Crippen LogP contribution in [-0.4, -0.2) is 16.8 Å². The number of nitrogens with zero attached hydrogens (tertiary/aromatic N) is 1. The van der Waals surface area contributed by atoms with Gasteiger partial charge < -0.3 is 15.8 Å². The van der Waals surface area contributed by atoms with Gasteiger partial charge in [0.2, 0.25) is 0 Å². The molecule has 0 saturated heterocycles. The lowest BCUT2D eigenvalue weighted by molar-refractivity contribution is 0.367. The summed E-state index contributed by atoms with van der Waals surface area (Å²) in [6.45, 7) is 0.687. The highest BCUT2D eigenvalue weighted by atomic mass is 32.1. The second kappa shape index (κ2) is 9.63. The Morgan fingerprint density at radius 3 is 2.50 bits per heavy atom. The summed E-state index contributed by atoms with van der Waals surface area (Å²) in [6.07, 6.45) is 6.22. The average molecular weight is 423 g/mol. The first kappa shape index (κ1) is 20.2. The average Bonchev–Trinajstić information content (AvgIpc) is 3.15. The van der Waals surface area contributed by atoms with Crippen LogP contribution < -0.4 is 21.3 Å². The van der Waals surface area contributed by atoms with Crippen LogP contribution in [0, 0.1) is 5.92 Å². The van der Waals surface area contributed by atoms with Crippen LogP contribution in [-0.2, 0) is 0 Å². The summed E-state index contributed by atoms with van der Waals surface area (Å²) in [4.78, 5) is 16.8. The molecule has 0 amide bonds. The maximum Gasteiger partial charge on any atom is 0.271 e. The standard InChI is InChI=1S/C23H26N4O2S/c24-21(25-15-16-7-3-1-4-8-16)20-22(28)27-30-23(20)26-17-11-13-19(14-12-17)29-18-9-5-2-6-10-18/h2,5-6,9-14,16,26H,1,3-4,7-8,15H2,(H2,24,25)(H,27,28). The largest absolute Gasteiger partial charge is 0.457 e. The van der Waals surface area contributed by atoms with Crippen molar-refractivity contribution in [3.63, 3.8) is 0 Å². The molecule has 2 aromatic carbocycles. The summed E-state index contributed by atoms with van der Waals surface area (Å²) < 4.78 is 8.58. The van der Waals surface area contributed by atoms with Crippen LogP contribution in [0.3, 0.4) is 0 Å². The fourth-order valence-electron chi connectivity index (χ4n) is 3.66. The minimum atomic E-state index is -0.212. The molecule has 0 radical (unpaired) electrons. The lowest BCUT2D eigenvalue weighted by Gasteiger charge is -2.19. The molecule has 1 aliphatic carbocycles. The number of aliphatic imine (C=N–C) groups is 1. The first-order valence-corrected chi connectivity index (χ1v) is 11.1. The molecule has 4 rings (SSSR count). The van der Waals surface area contributed by atoms with Gasteiger partial charge in [-0.05, 0) is 66.7 Å². The van der Waals surface area contributed by atoms with E-state index >= 15 is 0 Å². The Bertz CT molecular complexity index is 1040. The van der Waals surface area contributed by atoms with E-state index in [2.05, 4.69) is 14.7 Å². The quantitative estimate of drug-likeness (QED) is 0.358. The summed E-state index contributed by atoms with van der Waals surface area (Å²) in [5.41, 5.74) is 7.24. The maximum absolute atomic E-state index is 12.3. The molecule has 6 nitrogen and oxygen atoms in total. The Hall–Kier alpha value is -3.06. The summed E-state index contributed by atoms with van der Waals surface area (Å²) in [5, 5.41) is 3.94. The van der Waals surface area contributed by atoms with Crippen LogP contribution in [0.25, 0.3) is 0 Å². The zero-order valence-electron chi connectivity index (χ0n) is 16.8. The Balaban J connectivity index is 1.44. The number of benzene rings is 2. The third-order valence-electron chi connectivity index (χ3n) is 5.29. The highest BCUT2D eigenvalue weighted by Gasteiger charge is 2.17. The number of aromatic amines is 1. The first-order chi connectivity index (χ1) is 14.7. The van der Waals surface area contributed by atoms with Crippen molar-refractivity contribution in [2.24, 2.45) is 16.6 Å². The molecule has 156 valence electrons. The molecular formula is C23H26N4O2S. The summed E-state index contributed by atoms with van der Waals surface area (Å²) >= 11 is 1.23. The predicted octanol–water partition coefficient (Wildman–Crippen LogP) is 5.26. The van der Waals surface area contributed by atoms with E-state index in [-0.39, 0.29) is 5.56 Å². The molecule has 30 heavy (non-hydrogen) atoms. The number of hydrogen-bond donors (Lipinski definition) is 3. The van der Waals surface area contributed by atoms with Gasteiger partial charge in [0, 0.05) is 12.2 Å². The van der Waals surface area contributed by atoms with Gasteiger partial charge in [0.1, 0.15) is 27.9 Å². The highest BCUT2D eigenvalue weighted by Crippen LogP contribution is 2.27. The summed E-state index contributed by atoms with van der Waals surface area (Å²) in [5.74, 6) is 2.40. The molecule has 0 spiro atoms. The van der Waals surface area contributed by atoms with Gasteiger partial charge in [-0.15, -0.1) is 0 Å². The molecule has 1 heterocycles. The fraction of sp³-hybridized carbons (Fsp3) is 0.304. The zero-order valence-corrected chi connectivity index (χ0v) is 17.6. The van der Waals surface area contributed by atoms with Crippen molar-refractivity contribution in [2.75, 3.05) is 11.9 Å². The number of nitrogens with one attached hydrogen (secondary N) is 2. The van der Waals surface area contributed by atoms with Crippen LogP contribution in [0.15, 0.2) is 64.4 Å². The van der Waals surface area contributed by atoms with Crippen LogP contribution in [0.4, 0.5) is 10.7 Å². The van der Waals surface area contributed by atoms with E-state index in [1.54, 1.807) is 0 Å². The van der Waals surface area contributed by atoms with Crippen molar-refractivity contribution in [1.29, 1.82) is 0 Å². The van der Waals surface area contributed by atoms with Crippen molar-refractivity contribution in [3.8, 4) is 11.5 Å². The smallest absolute Gasteiger partial charge is 0.271 e. The Kier molecular flexibility index (Phi) is 6.49. The third kappa shape index (κ3) is 5.10. The Morgan fingerprint density at radius 1 is 1.07 bits per heavy atom. The number of ether oxygens (including phenoxy) is 1. The molecule has 0 unspecified atom stereocenters. The van der Waals surface area contributed by atoms with Crippen molar-refractivity contribution in [3.05, 3.63) is 70.5 Å². The van der Waals surface area contributed by atoms with Crippen LogP contribution >= 0.6 is 11.5 Å². The van der Waals surface area contributed by atoms with Gasteiger partial charge in [-0.1, -0.05) is 37.5 Å². The SMILES string of the molecule is NC(=NCC1CCCCC1)c1c(Nc2ccc(Oc3ccccc3)cc2)s[nH]c1=O. The van der Waals surface area contributed by atoms with Crippen LogP contribution in [0.2, 0.25) is 0 Å².